The highest BCUT2D eigenvalue weighted by molar-refractivity contribution is 7.11. The highest BCUT2D eigenvalue weighted by Gasteiger charge is 2.21. The lowest BCUT2D eigenvalue weighted by atomic mass is 10.1. The first-order valence-corrected chi connectivity index (χ1v) is 11.2. The van der Waals surface area contributed by atoms with Crippen molar-refractivity contribution < 1.29 is 4.74 Å². The molecule has 2 aromatic rings. The van der Waals surface area contributed by atoms with Gasteiger partial charge in [0.1, 0.15) is 5.01 Å². The Bertz CT molecular complexity index is 779. The monoisotopic (exact) mass is 415 g/mol. The number of ether oxygens (including phenoxy) is 1. The molecule has 3 rings (SSSR count). The normalized spacial score (nSPS) is 20.6. The Balaban J connectivity index is 1.52. The second kappa shape index (κ2) is 10.7. The number of hydrogen-bond donors (Lipinski definition) is 2. The summed E-state index contributed by atoms with van der Waals surface area (Å²) in [5, 5.41) is 7.74. The predicted octanol–water partition coefficient (Wildman–Crippen LogP) is 3.32. The van der Waals surface area contributed by atoms with E-state index in [-0.39, 0.29) is 0 Å². The van der Waals surface area contributed by atoms with Crippen molar-refractivity contribution in [2.75, 3.05) is 19.6 Å². The van der Waals surface area contributed by atoms with E-state index in [0.29, 0.717) is 25.3 Å². The highest BCUT2D eigenvalue weighted by Crippen LogP contribution is 2.15. The SMILES string of the molecule is CCNC(=NCc1ccc(CN2CC(C)OC(C)C2)cc1)NCc1ncc(C)s1. The van der Waals surface area contributed by atoms with Gasteiger partial charge in [0.15, 0.2) is 5.96 Å². The Morgan fingerprint density at radius 1 is 1.17 bits per heavy atom. The second-order valence-corrected chi connectivity index (χ2v) is 9.00. The molecule has 1 aromatic heterocycles. The molecule has 0 amide bonds. The van der Waals surface area contributed by atoms with E-state index in [0.717, 1.165) is 37.1 Å². The molecule has 29 heavy (non-hydrogen) atoms. The third-order valence-corrected chi connectivity index (χ3v) is 5.68. The Labute approximate surface area is 178 Å². The van der Waals surface area contributed by atoms with E-state index in [1.165, 1.54) is 16.0 Å². The molecular formula is C22H33N5OS. The van der Waals surface area contributed by atoms with Gasteiger partial charge in [-0.25, -0.2) is 9.98 Å². The smallest absolute Gasteiger partial charge is 0.191 e. The van der Waals surface area contributed by atoms with Crippen molar-refractivity contribution in [3.63, 3.8) is 0 Å². The summed E-state index contributed by atoms with van der Waals surface area (Å²) < 4.78 is 5.83. The molecule has 0 bridgehead atoms. The third kappa shape index (κ3) is 7.10. The number of aliphatic imine (C=N–C) groups is 1. The van der Waals surface area contributed by atoms with Gasteiger partial charge in [0.05, 0.1) is 25.3 Å². The maximum atomic E-state index is 5.83. The van der Waals surface area contributed by atoms with E-state index >= 15 is 0 Å². The first kappa shape index (κ1) is 21.7. The number of benzene rings is 1. The molecule has 7 heteroatoms. The van der Waals surface area contributed by atoms with Crippen LogP contribution in [0.5, 0.6) is 0 Å². The van der Waals surface area contributed by atoms with Crippen LogP contribution in [0.1, 0.15) is 41.8 Å². The summed E-state index contributed by atoms with van der Waals surface area (Å²) in [4.78, 5) is 12.8. The van der Waals surface area contributed by atoms with Gasteiger partial charge in [0.25, 0.3) is 0 Å². The molecule has 0 radical (unpaired) electrons. The molecule has 0 saturated carbocycles. The van der Waals surface area contributed by atoms with Gasteiger partial charge in [0.2, 0.25) is 0 Å². The van der Waals surface area contributed by atoms with Gasteiger partial charge >= 0.3 is 0 Å². The first-order chi connectivity index (χ1) is 14.0. The van der Waals surface area contributed by atoms with Crippen LogP contribution in [-0.2, 0) is 24.4 Å². The first-order valence-electron chi connectivity index (χ1n) is 10.4. The van der Waals surface area contributed by atoms with Crippen LogP contribution in [0, 0.1) is 6.92 Å². The minimum absolute atomic E-state index is 0.303. The van der Waals surface area contributed by atoms with E-state index in [1.54, 1.807) is 11.3 Å². The minimum Gasteiger partial charge on any atom is -0.373 e. The van der Waals surface area contributed by atoms with Gasteiger partial charge in [-0.1, -0.05) is 24.3 Å². The lowest BCUT2D eigenvalue weighted by molar-refractivity contribution is -0.0704. The Morgan fingerprint density at radius 2 is 1.86 bits per heavy atom. The summed E-state index contributed by atoms with van der Waals surface area (Å²) in [7, 11) is 0. The molecule has 1 aliphatic heterocycles. The van der Waals surface area contributed by atoms with E-state index in [9.17, 15) is 0 Å². The largest absolute Gasteiger partial charge is 0.373 e. The standard InChI is InChI=1S/C22H33N5OS/c1-5-23-22(26-12-21-24-10-18(4)29-21)25-11-19-6-8-20(9-7-19)15-27-13-16(2)28-17(3)14-27/h6-10,16-17H,5,11-15H2,1-4H3,(H2,23,25,26). The number of thiazole rings is 1. The Kier molecular flexibility index (Phi) is 8.03. The number of hydrogen-bond acceptors (Lipinski definition) is 5. The highest BCUT2D eigenvalue weighted by atomic mass is 32.1. The Hall–Kier alpha value is -1.96. The van der Waals surface area contributed by atoms with Crippen LogP contribution in [0.25, 0.3) is 0 Å². The maximum Gasteiger partial charge on any atom is 0.191 e. The lowest BCUT2D eigenvalue weighted by Crippen LogP contribution is -2.44. The van der Waals surface area contributed by atoms with Crippen molar-refractivity contribution in [3.05, 3.63) is 51.5 Å². The summed E-state index contributed by atoms with van der Waals surface area (Å²) in [6.07, 6.45) is 2.52. The van der Waals surface area contributed by atoms with E-state index in [1.807, 2.05) is 6.20 Å². The van der Waals surface area contributed by atoms with Gasteiger partial charge in [0, 0.05) is 37.3 Å². The molecule has 1 aromatic carbocycles. The fraction of sp³-hybridized carbons (Fsp3) is 0.545. The molecule has 0 spiro atoms. The summed E-state index contributed by atoms with van der Waals surface area (Å²) >= 11 is 1.71. The van der Waals surface area contributed by atoms with Crippen molar-refractivity contribution in [2.24, 2.45) is 4.99 Å². The molecule has 158 valence electrons. The van der Waals surface area contributed by atoms with E-state index in [2.05, 4.69) is 72.5 Å². The zero-order chi connectivity index (χ0) is 20.6. The number of morpholine rings is 1. The molecule has 1 aliphatic rings. The predicted molar refractivity (Wildman–Crippen MR) is 120 cm³/mol. The van der Waals surface area contributed by atoms with Crippen LogP contribution < -0.4 is 10.6 Å². The quantitative estimate of drug-likeness (QED) is 0.537. The fourth-order valence-electron chi connectivity index (χ4n) is 3.58. The van der Waals surface area contributed by atoms with Gasteiger partial charge in [-0.2, -0.15) is 0 Å². The number of nitrogens with zero attached hydrogens (tertiary/aromatic N) is 3. The number of guanidine groups is 1. The number of nitrogens with one attached hydrogen (secondary N) is 2. The van der Waals surface area contributed by atoms with Crippen molar-refractivity contribution >= 4 is 17.3 Å². The van der Waals surface area contributed by atoms with Crippen LogP contribution in [0.4, 0.5) is 0 Å². The van der Waals surface area contributed by atoms with Crippen molar-refractivity contribution in [1.29, 1.82) is 0 Å². The van der Waals surface area contributed by atoms with Crippen LogP contribution in [0.15, 0.2) is 35.5 Å². The van der Waals surface area contributed by atoms with Crippen LogP contribution in [-0.4, -0.2) is 47.7 Å². The van der Waals surface area contributed by atoms with Crippen molar-refractivity contribution in [3.8, 4) is 0 Å². The summed E-state index contributed by atoms with van der Waals surface area (Å²) in [6, 6.07) is 8.79. The molecule has 0 aliphatic carbocycles. The number of aryl methyl sites for hydroxylation is 1. The van der Waals surface area contributed by atoms with Crippen LogP contribution in [0.2, 0.25) is 0 Å². The third-order valence-electron chi connectivity index (χ3n) is 4.76. The molecule has 6 nitrogen and oxygen atoms in total. The van der Waals surface area contributed by atoms with E-state index < -0.39 is 0 Å². The van der Waals surface area contributed by atoms with Crippen LogP contribution >= 0.6 is 11.3 Å². The van der Waals surface area contributed by atoms with Crippen molar-refractivity contribution in [1.82, 2.24) is 20.5 Å². The minimum atomic E-state index is 0.303. The average molecular weight is 416 g/mol. The molecule has 2 heterocycles. The van der Waals surface area contributed by atoms with Gasteiger partial charge in [-0.05, 0) is 38.8 Å². The molecule has 2 N–H and O–H groups in total. The topological polar surface area (TPSA) is 61.8 Å². The van der Waals surface area contributed by atoms with Gasteiger partial charge in [-0.15, -0.1) is 11.3 Å². The number of rotatable bonds is 7. The summed E-state index contributed by atoms with van der Waals surface area (Å²) in [6.45, 7) is 13.6. The molecule has 2 atom stereocenters. The zero-order valence-corrected chi connectivity index (χ0v) is 18.8. The Morgan fingerprint density at radius 3 is 2.48 bits per heavy atom. The molecular weight excluding hydrogens is 382 g/mol. The lowest BCUT2D eigenvalue weighted by Gasteiger charge is -2.35. The van der Waals surface area contributed by atoms with E-state index in [4.69, 9.17) is 9.73 Å². The second-order valence-electron chi connectivity index (χ2n) is 7.68. The van der Waals surface area contributed by atoms with Crippen molar-refractivity contribution in [2.45, 2.75) is 59.5 Å². The molecule has 2 unspecified atom stereocenters. The number of aromatic nitrogens is 1. The maximum absolute atomic E-state index is 5.83. The van der Waals surface area contributed by atoms with Crippen LogP contribution in [0.3, 0.4) is 0 Å². The molecule has 1 saturated heterocycles. The fourth-order valence-corrected chi connectivity index (χ4v) is 4.30. The summed E-state index contributed by atoms with van der Waals surface area (Å²) in [5.74, 6) is 0.820. The molecule has 1 fully saturated rings. The van der Waals surface area contributed by atoms with Gasteiger partial charge in [-0.3, -0.25) is 4.90 Å². The average Bonchev–Trinajstić information content (AvgIpc) is 3.09. The summed E-state index contributed by atoms with van der Waals surface area (Å²) in [5.41, 5.74) is 2.54. The van der Waals surface area contributed by atoms with Gasteiger partial charge < -0.3 is 15.4 Å². The zero-order valence-electron chi connectivity index (χ0n) is 17.9.